The van der Waals surface area contributed by atoms with Gasteiger partial charge in [0, 0.05) is 19.0 Å². The molecular formula is C20H20F6N2. The van der Waals surface area contributed by atoms with Crippen molar-refractivity contribution in [2.45, 2.75) is 31.6 Å². The number of hydrogen-bond donors (Lipinski definition) is 1. The minimum absolute atomic E-state index is 0.0264. The minimum atomic E-state index is -4.58. The highest BCUT2D eigenvalue weighted by Gasteiger charge is 2.37. The summed E-state index contributed by atoms with van der Waals surface area (Å²) in [6.45, 7) is 3.11. The molecule has 0 spiro atoms. The lowest BCUT2D eigenvalue weighted by atomic mass is 9.74. The van der Waals surface area contributed by atoms with E-state index in [4.69, 9.17) is 5.41 Å². The Morgan fingerprint density at radius 1 is 0.857 bits per heavy atom. The van der Waals surface area contributed by atoms with Crippen LogP contribution in [0.4, 0.5) is 26.3 Å². The molecule has 28 heavy (non-hydrogen) atoms. The van der Waals surface area contributed by atoms with Gasteiger partial charge < -0.3 is 4.90 Å². The summed E-state index contributed by atoms with van der Waals surface area (Å²) >= 11 is 0. The fourth-order valence-corrected chi connectivity index (χ4v) is 3.20. The topological polar surface area (TPSA) is 27.1 Å². The number of aryl methyl sites for hydroxylation is 1. The number of halogens is 6. The second-order valence-electron chi connectivity index (χ2n) is 7.04. The zero-order valence-electron chi connectivity index (χ0n) is 15.5. The average Bonchev–Trinajstić information content (AvgIpc) is 2.59. The molecule has 0 aliphatic heterocycles. The maximum atomic E-state index is 13.3. The summed E-state index contributed by atoms with van der Waals surface area (Å²) in [7, 11) is 1.54. The molecule has 0 saturated carbocycles. The van der Waals surface area contributed by atoms with E-state index >= 15 is 0 Å². The molecule has 0 radical (unpaired) electrons. The zero-order chi connectivity index (χ0) is 21.3. The van der Waals surface area contributed by atoms with Crippen LogP contribution in [0.2, 0.25) is 0 Å². The second kappa shape index (κ2) is 7.48. The van der Waals surface area contributed by atoms with Crippen LogP contribution in [0.1, 0.15) is 34.7 Å². The molecule has 0 amide bonds. The van der Waals surface area contributed by atoms with Crippen LogP contribution in [0.25, 0.3) is 0 Å². The summed E-state index contributed by atoms with van der Waals surface area (Å²) in [5.41, 5.74) is -2.15. The quantitative estimate of drug-likeness (QED) is 0.378. The van der Waals surface area contributed by atoms with Crippen molar-refractivity contribution < 1.29 is 26.3 Å². The minimum Gasteiger partial charge on any atom is -0.365 e. The van der Waals surface area contributed by atoms with E-state index in [0.29, 0.717) is 5.56 Å². The fraction of sp³-hybridized carbons (Fsp3) is 0.350. The highest BCUT2D eigenvalue weighted by Crippen LogP contribution is 2.39. The lowest BCUT2D eigenvalue weighted by Gasteiger charge is -2.35. The van der Waals surface area contributed by atoms with Crippen molar-refractivity contribution in [2.24, 2.45) is 0 Å². The molecular weight excluding hydrogens is 382 g/mol. The molecule has 152 valence electrons. The molecule has 0 saturated heterocycles. The Bertz CT molecular complexity index is 857. The van der Waals surface area contributed by atoms with Crippen molar-refractivity contribution in [1.29, 1.82) is 5.41 Å². The van der Waals surface area contributed by atoms with Crippen molar-refractivity contribution in [3.05, 3.63) is 70.3 Å². The third kappa shape index (κ3) is 4.66. The molecule has 0 aromatic heterocycles. The van der Waals surface area contributed by atoms with E-state index in [1.165, 1.54) is 30.0 Å². The summed E-state index contributed by atoms with van der Waals surface area (Å²) in [5, 5.41) is 7.38. The molecule has 2 aromatic rings. The molecule has 1 unspecified atom stereocenters. The van der Waals surface area contributed by atoms with Crippen LogP contribution in [-0.2, 0) is 17.8 Å². The van der Waals surface area contributed by atoms with Gasteiger partial charge in [0.2, 0.25) is 0 Å². The van der Waals surface area contributed by atoms with Gasteiger partial charge >= 0.3 is 12.4 Å². The van der Waals surface area contributed by atoms with Crippen LogP contribution in [-0.4, -0.2) is 24.8 Å². The van der Waals surface area contributed by atoms with Gasteiger partial charge in [-0.25, -0.2) is 0 Å². The van der Waals surface area contributed by atoms with Crippen molar-refractivity contribution in [3.8, 4) is 0 Å². The van der Waals surface area contributed by atoms with Crippen LogP contribution >= 0.6 is 0 Å². The SMILES string of the molecule is Cc1cc(C(F)(F)F)cc(C(C)(CN(C)C=N)c2cccc(C(F)(F)F)c2)c1. The number of rotatable bonds is 5. The first-order valence-corrected chi connectivity index (χ1v) is 8.35. The van der Waals surface area contributed by atoms with Gasteiger partial charge in [0.05, 0.1) is 17.5 Å². The predicted octanol–water partition coefficient (Wildman–Crippen LogP) is 5.88. The normalized spacial score (nSPS) is 14.5. The summed E-state index contributed by atoms with van der Waals surface area (Å²) in [5.74, 6) is 0. The Kier molecular flexibility index (Phi) is 5.82. The number of benzene rings is 2. The van der Waals surface area contributed by atoms with E-state index in [0.717, 1.165) is 30.6 Å². The molecule has 2 rings (SSSR count). The van der Waals surface area contributed by atoms with E-state index in [9.17, 15) is 26.3 Å². The second-order valence-corrected chi connectivity index (χ2v) is 7.04. The number of nitrogens with one attached hydrogen (secondary N) is 1. The van der Waals surface area contributed by atoms with Gasteiger partial charge in [0.15, 0.2) is 0 Å². The maximum absolute atomic E-state index is 13.3. The first kappa shape index (κ1) is 21.8. The maximum Gasteiger partial charge on any atom is 0.416 e. The van der Waals surface area contributed by atoms with Crippen LogP contribution in [0.3, 0.4) is 0 Å². The fourth-order valence-electron chi connectivity index (χ4n) is 3.20. The van der Waals surface area contributed by atoms with Crippen LogP contribution < -0.4 is 0 Å². The Hall–Kier alpha value is -2.51. The Labute approximate surface area is 159 Å². The predicted molar refractivity (Wildman–Crippen MR) is 95.5 cm³/mol. The molecule has 1 N–H and O–H groups in total. The molecule has 2 aromatic carbocycles. The van der Waals surface area contributed by atoms with Gasteiger partial charge in [0.25, 0.3) is 0 Å². The number of alkyl halides is 6. The third-order valence-corrected chi connectivity index (χ3v) is 4.65. The van der Waals surface area contributed by atoms with Gasteiger partial charge in [-0.3, -0.25) is 5.41 Å². The van der Waals surface area contributed by atoms with E-state index < -0.39 is 28.9 Å². The molecule has 0 heterocycles. The van der Waals surface area contributed by atoms with Crippen LogP contribution in [0.5, 0.6) is 0 Å². The zero-order valence-corrected chi connectivity index (χ0v) is 15.5. The highest BCUT2D eigenvalue weighted by atomic mass is 19.4. The van der Waals surface area contributed by atoms with E-state index in [2.05, 4.69) is 0 Å². The van der Waals surface area contributed by atoms with E-state index in [1.54, 1.807) is 14.0 Å². The summed E-state index contributed by atoms with van der Waals surface area (Å²) < 4.78 is 79.4. The van der Waals surface area contributed by atoms with Gasteiger partial charge in [0.1, 0.15) is 0 Å². The average molecular weight is 402 g/mol. The van der Waals surface area contributed by atoms with E-state index in [-0.39, 0.29) is 17.7 Å². The monoisotopic (exact) mass is 402 g/mol. The van der Waals surface area contributed by atoms with E-state index in [1.807, 2.05) is 0 Å². The summed E-state index contributed by atoms with van der Waals surface area (Å²) in [6.07, 6.45) is -8.18. The van der Waals surface area contributed by atoms with Gasteiger partial charge in [-0.1, -0.05) is 29.8 Å². The summed E-state index contributed by atoms with van der Waals surface area (Å²) in [4.78, 5) is 1.41. The van der Waals surface area contributed by atoms with Crippen molar-refractivity contribution >= 4 is 6.34 Å². The Balaban J connectivity index is 2.72. The first-order chi connectivity index (χ1) is 12.8. The van der Waals surface area contributed by atoms with Gasteiger partial charge in [-0.05, 0) is 43.2 Å². The van der Waals surface area contributed by atoms with Gasteiger partial charge in [-0.2, -0.15) is 26.3 Å². The smallest absolute Gasteiger partial charge is 0.365 e. The Morgan fingerprint density at radius 2 is 1.36 bits per heavy atom. The largest absolute Gasteiger partial charge is 0.416 e. The standard InChI is InChI=1S/C20H20F6N2/c1-13-7-16(10-17(8-13)20(24,25)26)18(2,11-28(3)12-27)14-5-4-6-15(9-14)19(21,22)23/h4-10,12,27H,11H2,1-3H3. The molecule has 8 heteroatoms. The molecule has 0 aliphatic carbocycles. The summed E-state index contributed by atoms with van der Waals surface area (Å²) in [6, 6.07) is 8.06. The molecule has 1 atom stereocenters. The first-order valence-electron chi connectivity index (χ1n) is 8.35. The molecule has 0 fully saturated rings. The van der Waals surface area contributed by atoms with Crippen LogP contribution in [0.15, 0.2) is 42.5 Å². The van der Waals surface area contributed by atoms with Crippen LogP contribution in [0, 0.1) is 12.3 Å². The number of likely N-dealkylation sites (N-methyl/N-ethyl adjacent to an activating group) is 1. The number of hydrogen-bond acceptors (Lipinski definition) is 1. The van der Waals surface area contributed by atoms with Gasteiger partial charge in [-0.15, -0.1) is 0 Å². The lowest BCUT2D eigenvalue weighted by molar-refractivity contribution is -0.138. The van der Waals surface area contributed by atoms with Crippen molar-refractivity contribution in [2.75, 3.05) is 13.6 Å². The molecule has 0 aliphatic rings. The highest BCUT2D eigenvalue weighted by molar-refractivity contribution is 5.52. The third-order valence-electron chi connectivity index (χ3n) is 4.65. The molecule has 0 bridgehead atoms. The van der Waals surface area contributed by atoms with Crippen molar-refractivity contribution in [3.63, 3.8) is 0 Å². The Morgan fingerprint density at radius 3 is 1.89 bits per heavy atom. The number of nitrogens with zero attached hydrogens (tertiary/aromatic N) is 1. The molecule has 2 nitrogen and oxygen atoms in total. The van der Waals surface area contributed by atoms with Crippen molar-refractivity contribution in [1.82, 2.24) is 4.90 Å². The lowest BCUT2D eigenvalue weighted by Crippen LogP contribution is -2.37.